The molecule has 3 aromatic rings. The summed E-state index contributed by atoms with van der Waals surface area (Å²) in [5.41, 5.74) is 2.85. The Morgan fingerprint density at radius 2 is 2.00 bits per heavy atom. The van der Waals surface area contributed by atoms with Gasteiger partial charge in [-0.2, -0.15) is 0 Å². The minimum Gasteiger partial charge on any atom is -0.490 e. The molecule has 0 radical (unpaired) electrons. The molecule has 1 atom stereocenters. The summed E-state index contributed by atoms with van der Waals surface area (Å²) in [6.07, 6.45) is 4.15. The second-order valence-electron chi connectivity index (χ2n) is 8.99. The summed E-state index contributed by atoms with van der Waals surface area (Å²) in [7, 11) is 0. The molecule has 0 aliphatic carbocycles. The molecule has 3 heterocycles. The normalized spacial score (nSPS) is 19.8. The lowest BCUT2D eigenvalue weighted by atomic mass is 9.99. The van der Waals surface area contributed by atoms with Gasteiger partial charge in [0.05, 0.1) is 24.1 Å². The quantitative estimate of drug-likeness (QED) is 0.661. The van der Waals surface area contributed by atoms with Crippen molar-refractivity contribution in [2.24, 2.45) is 5.92 Å². The molecule has 2 aliphatic rings. The van der Waals surface area contributed by atoms with E-state index in [1.807, 2.05) is 34.9 Å². The molecule has 2 saturated heterocycles. The summed E-state index contributed by atoms with van der Waals surface area (Å²) >= 11 is 0. The van der Waals surface area contributed by atoms with E-state index in [2.05, 4.69) is 24.4 Å². The Kier molecular flexibility index (Phi) is 6.23. The average molecular weight is 434 g/mol. The number of fused-ring (bicyclic) bond motifs is 1. The van der Waals surface area contributed by atoms with Crippen LogP contribution >= 0.6 is 0 Å². The molecule has 6 nitrogen and oxygen atoms in total. The summed E-state index contributed by atoms with van der Waals surface area (Å²) < 4.78 is 13.5. The van der Waals surface area contributed by atoms with Crippen LogP contribution < -0.4 is 15.6 Å². The van der Waals surface area contributed by atoms with E-state index in [1.54, 1.807) is 0 Å². The SMILES string of the molecule is Cc1ccccc1-c1nc2ccc(OC3CCOCC3)cc2c(=O)n1CC1CCCNC1. The highest BCUT2D eigenvalue weighted by molar-refractivity contribution is 5.81. The maximum absolute atomic E-state index is 13.8. The van der Waals surface area contributed by atoms with Crippen LogP contribution in [0.15, 0.2) is 47.3 Å². The topological polar surface area (TPSA) is 65.4 Å². The molecule has 2 fully saturated rings. The lowest BCUT2D eigenvalue weighted by molar-refractivity contribution is 0.0256. The lowest BCUT2D eigenvalue weighted by Gasteiger charge is -2.25. The summed E-state index contributed by atoms with van der Waals surface area (Å²) in [5.74, 6) is 1.91. The third-order valence-electron chi connectivity index (χ3n) is 6.62. The standard InChI is InChI=1S/C26H31N3O3/c1-18-5-2-3-7-22(18)25-28-24-9-8-21(32-20-10-13-31-14-11-20)15-23(24)26(30)29(25)17-19-6-4-12-27-16-19/h2-3,5,7-9,15,19-20,27H,4,6,10-14,16-17H2,1H3. The molecule has 168 valence electrons. The van der Waals surface area contributed by atoms with Gasteiger partial charge in [0.15, 0.2) is 0 Å². The Hall–Kier alpha value is -2.70. The highest BCUT2D eigenvalue weighted by Gasteiger charge is 2.21. The molecule has 32 heavy (non-hydrogen) atoms. The Morgan fingerprint density at radius 3 is 2.78 bits per heavy atom. The zero-order valence-corrected chi connectivity index (χ0v) is 18.7. The molecule has 1 unspecified atom stereocenters. The van der Waals surface area contributed by atoms with Gasteiger partial charge in [-0.1, -0.05) is 24.3 Å². The molecule has 5 rings (SSSR count). The highest BCUT2D eigenvalue weighted by Crippen LogP contribution is 2.26. The van der Waals surface area contributed by atoms with Gasteiger partial charge in [0.2, 0.25) is 0 Å². The van der Waals surface area contributed by atoms with E-state index >= 15 is 0 Å². The van der Waals surface area contributed by atoms with Crippen molar-refractivity contribution >= 4 is 10.9 Å². The number of nitrogens with one attached hydrogen (secondary N) is 1. The van der Waals surface area contributed by atoms with E-state index < -0.39 is 0 Å². The van der Waals surface area contributed by atoms with Gasteiger partial charge in [0.25, 0.3) is 5.56 Å². The smallest absolute Gasteiger partial charge is 0.261 e. The Morgan fingerprint density at radius 1 is 1.16 bits per heavy atom. The van der Waals surface area contributed by atoms with Crippen molar-refractivity contribution in [3.05, 3.63) is 58.4 Å². The van der Waals surface area contributed by atoms with Crippen molar-refractivity contribution in [2.75, 3.05) is 26.3 Å². The fraction of sp³-hybridized carbons (Fsp3) is 0.462. The summed E-state index contributed by atoms with van der Waals surface area (Å²) in [5, 5.41) is 4.09. The maximum Gasteiger partial charge on any atom is 0.261 e. The van der Waals surface area contributed by atoms with Gasteiger partial charge in [-0.3, -0.25) is 9.36 Å². The molecule has 1 N–H and O–H groups in total. The third-order valence-corrected chi connectivity index (χ3v) is 6.62. The Bertz CT molecular complexity index is 1140. The van der Waals surface area contributed by atoms with Gasteiger partial charge in [-0.05, 0) is 62.5 Å². The zero-order valence-electron chi connectivity index (χ0n) is 18.7. The number of rotatable bonds is 5. The number of aromatic nitrogens is 2. The molecule has 0 saturated carbocycles. The predicted octanol–water partition coefficient (Wildman–Crippen LogP) is 3.93. The van der Waals surface area contributed by atoms with E-state index in [9.17, 15) is 4.79 Å². The number of hydrogen-bond donors (Lipinski definition) is 1. The maximum atomic E-state index is 13.8. The fourth-order valence-corrected chi connectivity index (χ4v) is 4.80. The summed E-state index contributed by atoms with van der Waals surface area (Å²) in [6, 6.07) is 13.9. The van der Waals surface area contributed by atoms with E-state index in [0.717, 1.165) is 74.7 Å². The van der Waals surface area contributed by atoms with Gasteiger partial charge in [-0.25, -0.2) is 4.98 Å². The molecule has 1 aromatic heterocycles. The van der Waals surface area contributed by atoms with Crippen LogP contribution in [-0.4, -0.2) is 42.0 Å². The third kappa shape index (κ3) is 4.43. The van der Waals surface area contributed by atoms with Gasteiger partial charge < -0.3 is 14.8 Å². The first-order chi connectivity index (χ1) is 15.7. The first-order valence-electron chi connectivity index (χ1n) is 11.7. The van der Waals surface area contributed by atoms with Crippen molar-refractivity contribution in [2.45, 2.75) is 45.3 Å². The molecule has 0 bridgehead atoms. The number of benzene rings is 2. The number of piperidine rings is 1. The summed E-state index contributed by atoms with van der Waals surface area (Å²) in [6.45, 7) is 6.18. The van der Waals surface area contributed by atoms with Crippen LogP contribution in [0.4, 0.5) is 0 Å². The first kappa shape index (κ1) is 21.2. The molecule has 0 spiro atoms. The number of ether oxygens (including phenoxy) is 2. The first-order valence-corrected chi connectivity index (χ1v) is 11.7. The number of nitrogens with zero attached hydrogens (tertiary/aromatic N) is 2. The Balaban J connectivity index is 1.58. The molecule has 2 aliphatic heterocycles. The summed E-state index contributed by atoms with van der Waals surface area (Å²) in [4.78, 5) is 18.8. The van der Waals surface area contributed by atoms with E-state index in [4.69, 9.17) is 14.5 Å². The van der Waals surface area contributed by atoms with Crippen LogP contribution in [0.1, 0.15) is 31.2 Å². The van der Waals surface area contributed by atoms with Crippen molar-refractivity contribution in [3.63, 3.8) is 0 Å². The van der Waals surface area contributed by atoms with Crippen LogP contribution in [0.3, 0.4) is 0 Å². The molecular formula is C26H31N3O3. The van der Waals surface area contributed by atoms with Gasteiger partial charge >= 0.3 is 0 Å². The van der Waals surface area contributed by atoms with Crippen LogP contribution in [0.2, 0.25) is 0 Å². The largest absolute Gasteiger partial charge is 0.490 e. The lowest BCUT2D eigenvalue weighted by Crippen LogP contribution is -2.35. The van der Waals surface area contributed by atoms with Gasteiger partial charge in [0.1, 0.15) is 17.7 Å². The van der Waals surface area contributed by atoms with Gasteiger partial charge in [0, 0.05) is 24.9 Å². The van der Waals surface area contributed by atoms with Crippen molar-refractivity contribution in [3.8, 4) is 17.1 Å². The van der Waals surface area contributed by atoms with Crippen LogP contribution in [-0.2, 0) is 11.3 Å². The molecular weight excluding hydrogens is 402 g/mol. The van der Waals surface area contributed by atoms with Crippen molar-refractivity contribution in [1.29, 1.82) is 0 Å². The van der Waals surface area contributed by atoms with E-state index in [0.29, 0.717) is 23.4 Å². The molecule has 2 aromatic carbocycles. The minimum atomic E-state index is 0.0104. The van der Waals surface area contributed by atoms with Crippen LogP contribution in [0.5, 0.6) is 5.75 Å². The van der Waals surface area contributed by atoms with E-state index in [-0.39, 0.29) is 11.7 Å². The highest BCUT2D eigenvalue weighted by atomic mass is 16.5. The van der Waals surface area contributed by atoms with E-state index in [1.165, 1.54) is 0 Å². The van der Waals surface area contributed by atoms with Crippen molar-refractivity contribution in [1.82, 2.24) is 14.9 Å². The monoisotopic (exact) mass is 433 g/mol. The van der Waals surface area contributed by atoms with Gasteiger partial charge in [-0.15, -0.1) is 0 Å². The molecule has 6 heteroatoms. The Labute approximate surface area is 188 Å². The minimum absolute atomic E-state index is 0.0104. The van der Waals surface area contributed by atoms with Crippen LogP contribution in [0.25, 0.3) is 22.3 Å². The second-order valence-corrected chi connectivity index (χ2v) is 8.99. The zero-order chi connectivity index (χ0) is 21.9. The fourth-order valence-electron chi connectivity index (χ4n) is 4.80. The number of hydrogen-bond acceptors (Lipinski definition) is 5. The van der Waals surface area contributed by atoms with Crippen molar-refractivity contribution < 1.29 is 9.47 Å². The predicted molar refractivity (Wildman–Crippen MR) is 126 cm³/mol. The second kappa shape index (κ2) is 9.43. The average Bonchev–Trinajstić information content (AvgIpc) is 2.83. The number of aryl methyl sites for hydroxylation is 1. The molecule has 0 amide bonds. The van der Waals surface area contributed by atoms with Crippen LogP contribution in [0, 0.1) is 12.8 Å².